The van der Waals surface area contributed by atoms with Gasteiger partial charge in [0, 0.05) is 29.8 Å². The zero-order valence-corrected chi connectivity index (χ0v) is 19.7. The minimum Gasteiger partial charge on any atom is -0.455 e. The van der Waals surface area contributed by atoms with Gasteiger partial charge in [-0.1, -0.05) is 49.8 Å². The van der Waals surface area contributed by atoms with E-state index in [4.69, 9.17) is 21.7 Å². The Morgan fingerprint density at radius 2 is 1.85 bits per heavy atom. The van der Waals surface area contributed by atoms with Gasteiger partial charge in [0.05, 0.1) is 10.9 Å². The molecule has 0 radical (unpaired) electrons. The van der Waals surface area contributed by atoms with Gasteiger partial charge in [-0.25, -0.2) is 4.39 Å². The molecule has 176 valence electrons. The molecule has 5 nitrogen and oxygen atoms in total. The maximum Gasteiger partial charge on any atom is 0.256 e. The largest absolute Gasteiger partial charge is 0.455 e. The van der Waals surface area contributed by atoms with Crippen LogP contribution in [0.5, 0.6) is 11.5 Å². The Hall–Kier alpha value is -3.45. The van der Waals surface area contributed by atoms with Crippen LogP contribution in [0.25, 0.3) is 0 Å². The summed E-state index contributed by atoms with van der Waals surface area (Å²) in [5.41, 5.74) is 2.35. The van der Waals surface area contributed by atoms with Crippen molar-refractivity contribution in [3.05, 3.63) is 89.7 Å². The number of benzene rings is 3. The molecule has 1 aliphatic heterocycles. The Kier molecular flexibility index (Phi) is 7.75. The van der Waals surface area contributed by atoms with Crippen LogP contribution in [0.4, 0.5) is 10.1 Å². The van der Waals surface area contributed by atoms with Gasteiger partial charge < -0.3 is 20.1 Å². The second kappa shape index (κ2) is 11.1. The van der Waals surface area contributed by atoms with Gasteiger partial charge in [-0.2, -0.15) is 0 Å². The number of ether oxygens (including phenoxy) is 2. The predicted molar refractivity (Wildman–Crippen MR) is 135 cm³/mol. The monoisotopic (exact) mass is 478 g/mol. The van der Waals surface area contributed by atoms with Crippen LogP contribution in [0.2, 0.25) is 0 Å². The van der Waals surface area contributed by atoms with Crippen molar-refractivity contribution < 1.29 is 18.7 Å². The summed E-state index contributed by atoms with van der Waals surface area (Å²) >= 11 is 5.63. The molecule has 2 atom stereocenters. The molecule has 0 saturated carbocycles. The molecule has 2 unspecified atom stereocenters. The number of halogens is 1. The molecule has 3 aromatic rings. The van der Waals surface area contributed by atoms with E-state index >= 15 is 0 Å². The Balaban J connectivity index is 1.53. The summed E-state index contributed by atoms with van der Waals surface area (Å²) in [6.45, 7) is 2.66. The van der Waals surface area contributed by atoms with Gasteiger partial charge in [-0.3, -0.25) is 4.79 Å². The fraction of sp³-hybridized carbons (Fsp3) is 0.259. The first-order valence-corrected chi connectivity index (χ1v) is 11.8. The third kappa shape index (κ3) is 5.72. The van der Waals surface area contributed by atoms with Crippen LogP contribution >= 0.6 is 12.2 Å². The van der Waals surface area contributed by atoms with Crippen molar-refractivity contribution >= 4 is 28.8 Å². The first-order chi connectivity index (χ1) is 16.5. The molecule has 7 heteroatoms. The lowest BCUT2D eigenvalue weighted by Crippen LogP contribution is -2.34. The molecule has 0 saturated heterocycles. The summed E-state index contributed by atoms with van der Waals surface area (Å²) in [5.74, 6) is 0.395. The number of carbonyl (C=O) groups excluding carboxylic acids is 1. The smallest absolute Gasteiger partial charge is 0.256 e. The Morgan fingerprint density at radius 3 is 2.59 bits per heavy atom. The first-order valence-electron chi connectivity index (χ1n) is 11.4. The number of carbonyl (C=O) groups is 1. The first kappa shape index (κ1) is 23.7. The lowest BCUT2D eigenvalue weighted by molar-refractivity contribution is -0.00277. The average Bonchev–Trinajstić information content (AvgIpc) is 3.30. The summed E-state index contributed by atoms with van der Waals surface area (Å²) in [4.78, 5) is 13.1. The van der Waals surface area contributed by atoms with Gasteiger partial charge in [0.15, 0.2) is 0 Å². The summed E-state index contributed by atoms with van der Waals surface area (Å²) in [6.07, 6.45) is 2.02. The molecule has 1 amide bonds. The molecule has 0 fully saturated rings. The fourth-order valence-corrected chi connectivity index (χ4v) is 4.17. The molecule has 0 bridgehead atoms. The fourth-order valence-electron chi connectivity index (χ4n) is 3.88. The highest BCUT2D eigenvalue weighted by Gasteiger charge is 2.31. The molecule has 3 aromatic carbocycles. The zero-order chi connectivity index (χ0) is 23.9. The summed E-state index contributed by atoms with van der Waals surface area (Å²) < 4.78 is 25.7. The molecular weight excluding hydrogens is 451 g/mol. The van der Waals surface area contributed by atoms with Crippen LogP contribution in [0.1, 0.15) is 48.0 Å². The Labute approximate surface area is 204 Å². The lowest BCUT2D eigenvalue weighted by Gasteiger charge is -2.23. The molecule has 0 aliphatic carbocycles. The minimum absolute atomic E-state index is 0.230. The maximum absolute atomic E-state index is 13.3. The number of amides is 1. The van der Waals surface area contributed by atoms with Crippen LogP contribution in [0, 0.1) is 5.82 Å². The number of nitrogens with one attached hydrogen (secondary N) is 2. The van der Waals surface area contributed by atoms with Crippen molar-refractivity contribution in [2.45, 2.75) is 38.4 Å². The average molecular weight is 479 g/mol. The molecule has 2 N–H and O–H groups in total. The minimum atomic E-state index is -0.550. The normalized spacial score (nSPS) is 15.1. The molecule has 0 aromatic heterocycles. The van der Waals surface area contributed by atoms with E-state index in [0.717, 1.165) is 24.1 Å². The Morgan fingerprint density at radius 1 is 1.09 bits per heavy atom. The number of hydrogen-bond donors (Lipinski definition) is 2. The highest BCUT2D eigenvalue weighted by atomic mass is 32.1. The number of anilines is 1. The number of fused-ring (bicyclic) bond motifs is 1. The highest BCUT2D eigenvalue weighted by molar-refractivity contribution is 7.80. The van der Waals surface area contributed by atoms with Gasteiger partial charge in [-0.15, -0.1) is 0 Å². The van der Waals surface area contributed by atoms with Crippen molar-refractivity contribution in [3.8, 4) is 11.5 Å². The molecule has 0 spiro atoms. The third-order valence-electron chi connectivity index (χ3n) is 5.63. The van der Waals surface area contributed by atoms with E-state index in [2.05, 4.69) is 17.6 Å². The van der Waals surface area contributed by atoms with Crippen molar-refractivity contribution in [2.75, 3.05) is 11.9 Å². The van der Waals surface area contributed by atoms with E-state index in [1.54, 1.807) is 24.3 Å². The van der Waals surface area contributed by atoms with Crippen LogP contribution in [-0.2, 0) is 0 Å². The second-order valence-corrected chi connectivity index (χ2v) is 8.54. The number of hydrogen-bond acceptors (Lipinski definition) is 5. The van der Waals surface area contributed by atoms with Crippen molar-refractivity contribution in [1.29, 1.82) is 0 Å². The number of thiocarbonyl (C=S) groups is 1. The summed E-state index contributed by atoms with van der Waals surface area (Å²) in [6, 6.07) is 20.6. The van der Waals surface area contributed by atoms with E-state index < -0.39 is 6.29 Å². The molecular formula is C27H27FN2O3S. The van der Waals surface area contributed by atoms with E-state index in [-0.39, 0.29) is 17.6 Å². The topological polar surface area (TPSA) is 59.6 Å². The lowest BCUT2D eigenvalue weighted by atomic mass is 9.99. The van der Waals surface area contributed by atoms with Crippen LogP contribution in [0.15, 0.2) is 72.8 Å². The summed E-state index contributed by atoms with van der Waals surface area (Å²) in [5, 5.41) is 6.22. The Bertz CT molecular complexity index is 1140. The maximum atomic E-state index is 13.3. The number of unbranched alkanes of at least 4 members (excludes halogenated alkanes) is 1. The van der Waals surface area contributed by atoms with Crippen LogP contribution < -0.4 is 20.1 Å². The van der Waals surface area contributed by atoms with Gasteiger partial charge in [-0.05, 0) is 55.0 Å². The third-order valence-corrected chi connectivity index (χ3v) is 6.02. The predicted octanol–water partition coefficient (Wildman–Crippen LogP) is 6.07. The van der Waals surface area contributed by atoms with Gasteiger partial charge in [0.25, 0.3) is 5.91 Å². The summed E-state index contributed by atoms with van der Waals surface area (Å²) in [7, 11) is 0. The second-order valence-electron chi connectivity index (χ2n) is 8.10. The standard InChI is InChI=1S/C27H27FN2O3S/c1-2-3-12-24(32-20-15-13-19(28)14-16-20)33-23-11-7-10-22-25(23)21(17-29-22)27(34)30-26(31)18-8-5-4-6-9-18/h4-11,13-16,21,24,29H,2-3,12,17H2,1H3,(H,30,31,34). The molecule has 34 heavy (non-hydrogen) atoms. The van der Waals surface area contributed by atoms with Crippen molar-refractivity contribution in [2.24, 2.45) is 0 Å². The molecule has 1 heterocycles. The van der Waals surface area contributed by atoms with Gasteiger partial charge in [0.2, 0.25) is 6.29 Å². The van der Waals surface area contributed by atoms with E-state index in [9.17, 15) is 9.18 Å². The van der Waals surface area contributed by atoms with Gasteiger partial charge in [0.1, 0.15) is 17.3 Å². The van der Waals surface area contributed by atoms with E-state index in [0.29, 0.717) is 35.0 Å². The SMILES string of the molecule is CCCCC(Oc1ccc(F)cc1)Oc1cccc2c1C(C(=S)NC(=O)c1ccccc1)CN2. The quantitative estimate of drug-likeness (QED) is 0.289. The molecule has 1 aliphatic rings. The molecule has 4 rings (SSSR count). The van der Waals surface area contributed by atoms with E-state index in [1.807, 2.05) is 36.4 Å². The zero-order valence-electron chi connectivity index (χ0n) is 18.9. The van der Waals surface area contributed by atoms with Gasteiger partial charge >= 0.3 is 0 Å². The van der Waals surface area contributed by atoms with Crippen LogP contribution in [-0.4, -0.2) is 23.7 Å². The highest BCUT2D eigenvalue weighted by Crippen LogP contribution is 2.40. The number of rotatable bonds is 9. The van der Waals surface area contributed by atoms with Crippen molar-refractivity contribution in [3.63, 3.8) is 0 Å². The van der Waals surface area contributed by atoms with E-state index in [1.165, 1.54) is 12.1 Å². The van der Waals surface area contributed by atoms with Crippen molar-refractivity contribution in [1.82, 2.24) is 5.32 Å². The van der Waals surface area contributed by atoms with Crippen LogP contribution in [0.3, 0.4) is 0 Å².